The number of fused-ring (bicyclic) bond motifs is 1. The summed E-state index contributed by atoms with van der Waals surface area (Å²) < 4.78 is 58.0. The van der Waals surface area contributed by atoms with Crippen molar-refractivity contribution < 1.29 is 60.6 Å². The first kappa shape index (κ1) is 41.4. The van der Waals surface area contributed by atoms with Crippen LogP contribution in [0.15, 0.2) is 30.9 Å². The number of hydrogen-bond donors (Lipinski definition) is 4. The number of amides is 6. The van der Waals surface area contributed by atoms with Crippen molar-refractivity contribution in [3.63, 3.8) is 0 Å². The minimum Gasteiger partial charge on any atom is -0.452 e. The zero-order valence-electron chi connectivity index (χ0n) is 31.8. The number of nitrogens with one attached hydrogen (secondary N) is 4. The van der Waals surface area contributed by atoms with E-state index < -0.39 is 104 Å². The minimum absolute atomic E-state index is 0.0260. The molecule has 2 saturated heterocycles. The van der Waals surface area contributed by atoms with Crippen LogP contribution < -0.4 is 20.7 Å². The Kier molecular flexibility index (Phi) is 11.6. The van der Waals surface area contributed by atoms with Crippen LogP contribution in [0.4, 0.5) is 14.0 Å². The van der Waals surface area contributed by atoms with E-state index in [2.05, 4.69) is 27.3 Å². The lowest BCUT2D eigenvalue weighted by Crippen LogP contribution is -2.58. The Morgan fingerprint density at radius 2 is 1.84 bits per heavy atom. The highest BCUT2D eigenvalue weighted by Gasteiger charge is 2.62. The standard InChI is InChI=1S/C37H47FN6O12S/c1-5-21-16-37(21,33(49)42-57(52,53)23-9-10-23)41-30(46)27-15-22(54-35(51)43-17-20-7-6-8-25(38)24(20)19-43)18-44(27)32(48)26(40-34(50)56-36(2,3)4)13-14-39-31(47)28-11-12-29(45)55-28/h5-8,21-23,26-28H,1,9-19H2,2-4H3,(H,39,47)(H,40,50)(H,41,46)(H,42,49)/t21-,22?,26+,27+,28-,37-/m1/s1. The topological polar surface area (TPSA) is 236 Å². The maximum Gasteiger partial charge on any atom is 0.410 e. The number of cyclic esters (lactones) is 1. The Labute approximate surface area is 328 Å². The third-order valence-electron chi connectivity index (χ3n) is 10.4. The molecule has 0 aromatic heterocycles. The second-order valence-electron chi connectivity index (χ2n) is 16.0. The number of carbonyl (C=O) groups excluding carboxylic acids is 7. The molecule has 6 amide bonds. The van der Waals surface area contributed by atoms with Gasteiger partial charge < -0.3 is 35.1 Å². The number of esters is 1. The highest BCUT2D eigenvalue weighted by atomic mass is 32.2. The number of rotatable bonds is 13. The van der Waals surface area contributed by atoms with E-state index in [9.17, 15) is 46.4 Å². The largest absolute Gasteiger partial charge is 0.452 e. The Balaban J connectivity index is 1.22. The van der Waals surface area contributed by atoms with E-state index >= 15 is 0 Å². The Morgan fingerprint density at radius 3 is 2.46 bits per heavy atom. The average Bonchev–Trinajstić information content (AvgIpc) is 3.95. The maximum absolute atomic E-state index is 14.5. The van der Waals surface area contributed by atoms with Gasteiger partial charge in [-0.05, 0) is 58.1 Å². The van der Waals surface area contributed by atoms with E-state index in [1.807, 2.05) is 0 Å². The molecule has 0 spiro atoms. The molecule has 0 radical (unpaired) electrons. The smallest absolute Gasteiger partial charge is 0.410 e. The molecule has 4 fully saturated rings. The monoisotopic (exact) mass is 818 g/mol. The summed E-state index contributed by atoms with van der Waals surface area (Å²) in [5, 5.41) is 7.00. The molecule has 6 rings (SSSR count). The molecule has 4 N–H and O–H groups in total. The highest BCUT2D eigenvalue weighted by Crippen LogP contribution is 2.45. The number of halogens is 1. The van der Waals surface area contributed by atoms with Gasteiger partial charge in [-0.15, -0.1) is 6.58 Å². The van der Waals surface area contributed by atoms with Gasteiger partial charge in [0, 0.05) is 43.8 Å². The van der Waals surface area contributed by atoms with E-state index in [-0.39, 0.29) is 58.3 Å². The van der Waals surface area contributed by atoms with Crippen molar-refractivity contribution in [3.8, 4) is 0 Å². The molecule has 1 aromatic carbocycles. The quantitative estimate of drug-likeness (QED) is 0.124. The lowest BCUT2D eigenvalue weighted by atomic mass is 10.1. The van der Waals surface area contributed by atoms with Crippen molar-refractivity contribution in [3.05, 3.63) is 47.8 Å². The summed E-state index contributed by atoms with van der Waals surface area (Å²) in [6.45, 7) is 7.97. The van der Waals surface area contributed by atoms with Gasteiger partial charge in [0.1, 0.15) is 35.1 Å². The zero-order chi connectivity index (χ0) is 41.4. The second-order valence-corrected chi connectivity index (χ2v) is 17.9. The summed E-state index contributed by atoms with van der Waals surface area (Å²) in [5.74, 6) is -4.92. The number of benzene rings is 1. The van der Waals surface area contributed by atoms with Crippen LogP contribution in [0.5, 0.6) is 0 Å². The average molecular weight is 819 g/mol. The number of alkyl carbamates (subject to hydrolysis) is 1. The van der Waals surface area contributed by atoms with Crippen LogP contribution in [0.25, 0.3) is 0 Å². The minimum atomic E-state index is -3.99. The van der Waals surface area contributed by atoms with Crippen molar-refractivity contribution in [1.82, 2.24) is 30.5 Å². The Morgan fingerprint density at radius 1 is 1.11 bits per heavy atom. The van der Waals surface area contributed by atoms with Gasteiger partial charge >= 0.3 is 18.2 Å². The van der Waals surface area contributed by atoms with Crippen LogP contribution in [0.1, 0.15) is 76.8 Å². The number of hydrogen-bond acceptors (Lipinski definition) is 12. The summed E-state index contributed by atoms with van der Waals surface area (Å²) in [6.07, 6.45) is -1.97. The molecule has 0 bridgehead atoms. The Hall–Kier alpha value is -5.27. The van der Waals surface area contributed by atoms with E-state index in [1.165, 1.54) is 23.1 Å². The van der Waals surface area contributed by atoms with Crippen LogP contribution in [-0.2, 0) is 61.3 Å². The number of nitrogens with zero attached hydrogens (tertiary/aromatic N) is 2. The second kappa shape index (κ2) is 15.9. The number of likely N-dealkylation sites (tertiary alicyclic amines) is 1. The van der Waals surface area contributed by atoms with Crippen molar-refractivity contribution in [2.24, 2.45) is 5.92 Å². The van der Waals surface area contributed by atoms with Gasteiger partial charge in [0.15, 0.2) is 6.10 Å². The number of ether oxygens (including phenoxy) is 3. The number of sulfonamides is 1. The van der Waals surface area contributed by atoms with E-state index in [0.29, 0.717) is 24.0 Å². The first-order chi connectivity index (χ1) is 26.8. The van der Waals surface area contributed by atoms with Crippen molar-refractivity contribution >= 4 is 51.8 Å². The fourth-order valence-electron chi connectivity index (χ4n) is 7.19. The third-order valence-corrected chi connectivity index (χ3v) is 12.3. The first-order valence-corrected chi connectivity index (χ1v) is 20.3. The summed E-state index contributed by atoms with van der Waals surface area (Å²) in [7, 11) is -3.99. The summed E-state index contributed by atoms with van der Waals surface area (Å²) in [6, 6.07) is 1.65. The first-order valence-electron chi connectivity index (χ1n) is 18.8. The van der Waals surface area contributed by atoms with E-state index in [0.717, 1.165) is 4.90 Å². The molecule has 3 heterocycles. The highest BCUT2D eigenvalue weighted by molar-refractivity contribution is 7.91. The van der Waals surface area contributed by atoms with Crippen LogP contribution in [0.2, 0.25) is 0 Å². The molecule has 1 unspecified atom stereocenters. The van der Waals surface area contributed by atoms with Gasteiger partial charge in [-0.1, -0.05) is 18.2 Å². The third kappa shape index (κ3) is 9.48. The zero-order valence-corrected chi connectivity index (χ0v) is 32.7. The molecule has 310 valence electrons. The molecule has 5 aliphatic rings. The van der Waals surface area contributed by atoms with Gasteiger partial charge in [0.25, 0.3) is 11.8 Å². The lowest BCUT2D eigenvalue weighted by Gasteiger charge is -2.30. The van der Waals surface area contributed by atoms with Crippen molar-refractivity contribution in [1.29, 1.82) is 0 Å². The molecule has 18 nitrogen and oxygen atoms in total. The van der Waals surface area contributed by atoms with E-state index in [1.54, 1.807) is 26.8 Å². The molecular weight excluding hydrogens is 772 g/mol. The van der Waals surface area contributed by atoms with Crippen LogP contribution in [0.3, 0.4) is 0 Å². The fourth-order valence-corrected chi connectivity index (χ4v) is 8.56. The predicted molar refractivity (Wildman–Crippen MR) is 195 cm³/mol. The van der Waals surface area contributed by atoms with Gasteiger partial charge in [-0.2, -0.15) is 0 Å². The molecular formula is C37H47FN6O12S. The van der Waals surface area contributed by atoms with Gasteiger partial charge in [0.2, 0.25) is 21.8 Å². The molecule has 20 heteroatoms. The van der Waals surface area contributed by atoms with Gasteiger partial charge in [0.05, 0.1) is 18.3 Å². The fraction of sp³-hybridized carbons (Fsp3) is 0.595. The lowest BCUT2D eigenvalue weighted by molar-refractivity contribution is -0.148. The normalized spacial score (nSPS) is 25.7. The summed E-state index contributed by atoms with van der Waals surface area (Å²) in [4.78, 5) is 95.0. The molecule has 6 atom stereocenters. The van der Waals surface area contributed by atoms with Gasteiger partial charge in [-0.25, -0.2) is 22.4 Å². The summed E-state index contributed by atoms with van der Waals surface area (Å²) in [5.41, 5.74) is -1.75. The van der Waals surface area contributed by atoms with Gasteiger partial charge in [-0.3, -0.25) is 33.6 Å². The molecule has 57 heavy (non-hydrogen) atoms. The van der Waals surface area contributed by atoms with Crippen LogP contribution in [0, 0.1) is 11.7 Å². The van der Waals surface area contributed by atoms with Crippen molar-refractivity contribution in [2.75, 3.05) is 13.1 Å². The maximum atomic E-state index is 14.5. The van der Waals surface area contributed by atoms with E-state index in [4.69, 9.17) is 14.2 Å². The molecule has 2 aliphatic carbocycles. The summed E-state index contributed by atoms with van der Waals surface area (Å²) >= 11 is 0. The number of carbonyl (C=O) groups is 7. The van der Waals surface area contributed by atoms with Crippen LogP contribution in [-0.4, -0.2) is 114 Å². The Bertz CT molecular complexity index is 1970. The predicted octanol–water partition coefficient (Wildman–Crippen LogP) is 1.02. The molecule has 1 aromatic rings. The van der Waals surface area contributed by atoms with Crippen LogP contribution >= 0.6 is 0 Å². The SMILES string of the molecule is C=C[C@@H]1C[C@]1(NC(=O)[C@@H]1CC(OC(=O)N2Cc3cccc(F)c3C2)CN1C(=O)[C@H](CCNC(=O)[C@H]1CCC(=O)O1)NC(=O)OC(C)(C)C)C(=O)NS(=O)(=O)C1CC1. The van der Waals surface area contributed by atoms with Crippen molar-refractivity contribution in [2.45, 2.75) is 119 Å². The molecule has 2 saturated carbocycles. The molecule has 3 aliphatic heterocycles.